The fourth-order valence-electron chi connectivity index (χ4n) is 2.62. The second-order valence-electron chi connectivity index (χ2n) is 5.36. The second-order valence-corrected chi connectivity index (χ2v) is 6.98. The third-order valence-electron chi connectivity index (χ3n) is 3.66. The minimum atomic E-state index is -3.52. The summed E-state index contributed by atoms with van der Waals surface area (Å²) in [4.78, 5) is 4.08. The molecule has 2 heterocycles. The fourth-order valence-corrected chi connectivity index (χ4v) is 4.11. The number of aromatic nitrogens is 1. The van der Waals surface area contributed by atoms with Gasteiger partial charge in [0.15, 0.2) is 0 Å². The summed E-state index contributed by atoms with van der Waals surface area (Å²) in [5.74, 6) is 0. The van der Waals surface area contributed by atoms with Crippen molar-refractivity contribution in [1.29, 1.82) is 0 Å². The van der Waals surface area contributed by atoms with Crippen molar-refractivity contribution in [1.82, 2.24) is 14.6 Å². The van der Waals surface area contributed by atoms with Crippen LogP contribution in [-0.4, -0.2) is 43.4 Å². The Kier molecular flexibility index (Phi) is 5.55. The van der Waals surface area contributed by atoms with Crippen molar-refractivity contribution >= 4 is 15.9 Å². The van der Waals surface area contributed by atoms with Gasteiger partial charge < -0.3 is 5.32 Å². The summed E-state index contributed by atoms with van der Waals surface area (Å²) in [7, 11) is -3.52. The molecule has 0 saturated carbocycles. The van der Waals surface area contributed by atoms with Gasteiger partial charge in [-0.1, -0.05) is 13.3 Å². The van der Waals surface area contributed by atoms with Crippen LogP contribution in [-0.2, 0) is 10.2 Å². The normalized spacial score (nSPS) is 20.4. The molecular formula is C14H24N4O2S. The summed E-state index contributed by atoms with van der Waals surface area (Å²) in [5.41, 5.74) is 1.35. The van der Waals surface area contributed by atoms with Crippen LogP contribution in [0.5, 0.6) is 0 Å². The Morgan fingerprint density at radius 3 is 2.95 bits per heavy atom. The number of rotatable bonds is 6. The van der Waals surface area contributed by atoms with E-state index in [9.17, 15) is 8.42 Å². The Balaban J connectivity index is 2.12. The van der Waals surface area contributed by atoms with Gasteiger partial charge in [-0.15, -0.1) is 0 Å². The predicted octanol–water partition coefficient (Wildman–Crippen LogP) is 1.51. The van der Waals surface area contributed by atoms with E-state index in [2.05, 4.69) is 15.0 Å². The summed E-state index contributed by atoms with van der Waals surface area (Å²) < 4.78 is 29.5. The molecule has 2 rings (SSSR count). The molecule has 0 aromatic carbocycles. The van der Waals surface area contributed by atoms with Crippen LogP contribution in [0.1, 0.15) is 31.9 Å². The first-order valence-electron chi connectivity index (χ1n) is 7.46. The third kappa shape index (κ3) is 4.39. The number of pyridine rings is 1. The van der Waals surface area contributed by atoms with Gasteiger partial charge in [0.05, 0.1) is 5.69 Å². The molecule has 1 saturated heterocycles. The Labute approximate surface area is 127 Å². The van der Waals surface area contributed by atoms with Crippen LogP contribution >= 0.6 is 0 Å². The average Bonchev–Trinajstić information content (AvgIpc) is 2.45. The SMILES string of the molecule is CCNCC1CCCCN1S(=O)(=O)Nc1ccnc(C)c1. The molecule has 1 aromatic rings. The van der Waals surface area contributed by atoms with E-state index in [4.69, 9.17) is 0 Å². The number of likely N-dealkylation sites (N-methyl/N-ethyl adjacent to an activating group) is 1. The molecule has 0 aliphatic carbocycles. The molecule has 6 nitrogen and oxygen atoms in total. The molecule has 21 heavy (non-hydrogen) atoms. The Bertz CT molecular complexity index is 562. The second kappa shape index (κ2) is 7.20. The van der Waals surface area contributed by atoms with Crippen LogP contribution in [0, 0.1) is 6.92 Å². The molecule has 0 radical (unpaired) electrons. The van der Waals surface area contributed by atoms with E-state index in [1.54, 1.807) is 22.6 Å². The topological polar surface area (TPSA) is 74.3 Å². The van der Waals surface area contributed by atoms with E-state index in [-0.39, 0.29) is 6.04 Å². The van der Waals surface area contributed by atoms with E-state index >= 15 is 0 Å². The first kappa shape index (κ1) is 16.2. The van der Waals surface area contributed by atoms with Crippen LogP contribution < -0.4 is 10.0 Å². The molecule has 1 aliphatic rings. The first-order chi connectivity index (χ1) is 10.0. The highest BCUT2D eigenvalue weighted by atomic mass is 32.2. The summed E-state index contributed by atoms with van der Waals surface area (Å²) in [6.07, 6.45) is 4.51. The van der Waals surface area contributed by atoms with Gasteiger partial charge in [-0.2, -0.15) is 12.7 Å². The highest BCUT2D eigenvalue weighted by Crippen LogP contribution is 2.21. The van der Waals surface area contributed by atoms with E-state index in [0.29, 0.717) is 18.8 Å². The van der Waals surface area contributed by atoms with Crippen molar-refractivity contribution in [2.75, 3.05) is 24.4 Å². The van der Waals surface area contributed by atoms with Crippen molar-refractivity contribution in [3.8, 4) is 0 Å². The van der Waals surface area contributed by atoms with Crippen LogP contribution in [0.4, 0.5) is 5.69 Å². The summed E-state index contributed by atoms with van der Waals surface area (Å²) in [5, 5.41) is 3.25. The number of anilines is 1. The predicted molar refractivity (Wildman–Crippen MR) is 84.4 cm³/mol. The molecule has 0 bridgehead atoms. The summed E-state index contributed by atoms with van der Waals surface area (Å²) in [6.45, 7) is 6.00. The van der Waals surface area contributed by atoms with E-state index in [1.165, 1.54) is 0 Å². The third-order valence-corrected chi connectivity index (χ3v) is 5.25. The highest BCUT2D eigenvalue weighted by molar-refractivity contribution is 7.90. The minimum Gasteiger partial charge on any atom is -0.315 e. The molecule has 1 aliphatic heterocycles. The zero-order valence-corrected chi connectivity index (χ0v) is 13.5. The van der Waals surface area contributed by atoms with Crippen LogP contribution in [0.15, 0.2) is 18.3 Å². The average molecular weight is 312 g/mol. The van der Waals surface area contributed by atoms with Crippen molar-refractivity contribution < 1.29 is 8.42 Å². The Morgan fingerprint density at radius 1 is 1.43 bits per heavy atom. The lowest BCUT2D eigenvalue weighted by molar-refractivity contribution is 0.248. The molecular weight excluding hydrogens is 288 g/mol. The maximum absolute atomic E-state index is 12.6. The molecule has 7 heteroatoms. The minimum absolute atomic E-state index is 0.0270. The summed E-state index contributed by atoms with van der Waals surface area (Å²) in [6, 6.07) is 3.44. The van der Waals surface area contributed by atoms with Crippen LogP contribution in [0.3, 0.4) is 0 Å². The van der Waals surface area contributed by atoms with Crippen molar-refractivity contribution in [3.63, 3.8) is 0 Å². The van der Waals surface area contributed by atoms with Gasteiger partial charge in [0.1, 0.15) is 0 Å². The lowest BCUT2D eigenvalue weighted by Gasteiger charge is -2.34. The maximum Gasteiger partial charge on any atom is 0.301 e. The van der Waals surface area contributed by atoms with Gasteiger partial charge in [0.25, 0.3) is 0 Å². The van der Waals surface area contributed by atoms with Gasteiger partial charge in [-0.3, -0.25) is 9.71 Å². The maximum atomic E-state index is 12.6. The molecule has 0 amide bonds. The molecule has 118 valence electrons. The standard InChI is InChI=1S/C14H24N4O2S/c1-3-15-11-14-6-4-5-9-18(14)21(19,20)17-13-7-8-16-12(2)10-13/h7-8,10,14-15H,3-6,9,11H2,1-2H3,(H,16,17). The van der Waals surface area contributed by atoms with Gasteiger partial charge in [0, 0.05) is 31.0 Å². The molecule has 0 spiro atoms. The lowest BCUT2D eigenvalue weighted by atomic mass is 10.1. The van der Waals surface area contributed by atoms with Gasteiger partial charge >= 0.3 is 10.2 Å². The zero-order valence-electron chi connectivity index (χ0n) is 12.7. The fraction of sp³-hybridized carbons (Fsp3) is 0.643. The number of piperidine rings is 1. The zero-order chi connectivity index (χ0) is 15.3. The van der Waals surface area contributed by atoms with E-state index < -0.39 is 10.2 Å². The number of nitrogens with one attached hydrogen (secondary N) is 2. The highest BCUT2D eigenvalue weighted by Gasteiger charge is 2.31. The number of aryl methyl sites for hydroxylation is 1. The van der Waals surface area contributed by atoms with E-state index in [1.807, 2.05) is 13.8 Å². The molecule has 1 fully saturated rings. The van der Waals surface area contributed by atoms with Crippen molar-refractivity contribution in [2.45, 2.75) is 39.2 Å². The van der Waals surface area contributed by atoms with Crippen molar-refractivity contribution in [3.05, 3.63) is 24.0 Å². The van der Waals surface area contributed by atoms with Gasteiger partial charge in [-0.25, -0.2) is 0 Å². The molecule has 1 atom stereocenters. The molecule has 2 N–H and O–H groups in total. The smallest absolute Gasteiger partial charge is 0.301 e. The van der Waals surface area contributed by atoms with Crippen LogP contribution in [0.2, 0.25) is 0 Å². The number of hydrogen-bond donors (Lipinski definition) is 2. The number of hydrogen-bond acceptors (Lipinski definition) is 4. The quantitative estimate of drug-likeness (QED) is 0.835. The lowest BCUT2D eigenvalue weighted by Crippen LogP contribution is -2.50. The van der Waals surface area contributed by atoms with Gasteiger partial charge in [-0.05, 0) is 38.4 Å². The Hall–Kier alpha value is -1.18. The first-order valence-corrected chi connectivity index (χ1v) is 8.90. The Morgan fingerprint density at radius 2 is 2.24 bits per heavy atom. The monoisotopic (exact) mass is 312 g/mol. The van der Waals surface area contributed by atoms with Crippen LogP contribution in [0.25, 0.3) is 0 Å². The van der Waals surface area contributed by atoms with Gasteiger partial charge in [0.2, 0.25) is 0 Å². The molecule has 1 aromatic heterocycles. The van der Waals surface area contributed by atoms with Crippen molar-refractivity contribution in [2.24, 2.45) is 0 Å². The van der Waals surface area contributed by atoms with E-state index in [0.717, 1.165) is 31.5 Å². The molecule has 1 unspecified atom stereocenters. The number of nitrogens with zero attached hydrogens (tertiary/aromatic N) is 2. The largest absolute Gasteiger partial charge is 0.315 e. The summed E-state index contributed by atoms with van der Waals surface area (Å²) >= 11 is 0.